The topological polar surface area (TPSA) is 33.1 Å². The second-order valence-electron chi connectivity index (χ2n) is 4.34. The highest BCUT2D eigenvalue weighted by Gasteiger charge is 2.03. The maximum Gasteiger partial charge on any atom is 0.0945 e. The van der Waals surface area contributed by atoms with E-state index >= 15 is 0 Å². The summed E-state index contributed by atoms with van der Waals surface area (Å²) < 4.78 is 2.06. The molecule has 0 unspecified atom stereocenters. The zero-order valence-corrected chi connectivity index (χ0v) is 10.2. The van der Waals surface area contributed by atoms with Gasteiger partial charge in [0.05, 0.1) is 12.0 Å². The molecule has 86 valence electrons. The van der Waals surface area contributed by atoms with Gasteiger partial charge < -0.3 is 9.88 Å². The number of hydrogen-bond acceptors (Lipinski definition) is 3. The summed E-state index contributed by atoms with van der Waals surface area (Å²) in [6, 6.07) is 0.565. The summed E-state index contributed by atoms with van der Waals surface area (Å²) in [5, 5.41) is 3.41. The molecule has 0 saturated carbocycles. The molecule has 0 amide bonds. The van der Waals surface area contributed by atoms with Crippen molar-refractivity contribution < 1.29 is 0 Å². The van der Waals surface area contributed by atoms with Gasteiger partial charge in [-0.1, -0.05) is 13.8 Å². The highest BCUT2D eigenvalue weighted by atomic mass is 15.1. The Morgan fingerprint density at radius 1 is 1.53 bits per heavy atom. The van der Waals surface area contributed by atoms with Gasteiger partial charge in [0, 0.05) is 38.9 Å². The Bertz CT molecular complexity index is 280. The van der Waals surface area contributed by atoms with E-state index in [9.17, 15) is 0 Å². The van der Waals surface area contributed by atoms with Crippen molar-refractivity contribution in [2.75, 3.05) is 20.1 Å². The van der Waals surface area contributed by atoms with Crippen LogP contribution in [-0.2, 0) is 13.6 Å². The van der Waals surface area contributed by atoms with E-state index in [0.717, 1.165) is 19.6 Å². The van der Waals surface area contributed by atoms with Crippen LogP contribution >= 0.6 is 0 Å². The van der Waals surface area contributed by atoms with Crippen molar-refractivity contribution in [1.82, 2.24) is 19.8 Å². The lowest BCUT2D eigenvalue weighted by molar-refractivity contribution is 0.313. The smallest absolute Gasteiger partial charge is 0.0945 e. The van der Waals surface area contributed by atoms with Gasteiger partial charge in [0.15, 0.2) is 0 Å². The molecule has 1 rings (SSSR count). The normalized spacial score (nSPS) is 11.6. The van der Waals surface area contributed by atoms with Crippen LogP contribution in [0.2, 0.25) is 0 Å². The van der Waals surface area contributed by atoms with E-state index in [2.05, 4.69) is 40.7 Å². The molecule has 0 fully saturated rings. The Kier molecular flexibility index (Phi) is 4.78. The number of aromatic nitrogens is 2. The largest absolute Gasteiger partial charge is 0.337 e. The minimum atomic E-state index is 0.565. The highest BCUT2D eigenvalue weighted by Crippen LogP contribution is 1.99. The molecule has 0 atom stereocenters. The first-order valence-corrected chi connectivity index (χ1v) is 5.46. The number of hydrogen-bond donors (Lipinski definition) is 1. The maximum atomic E-state index is 4.10. The molecular weight excluding hydrogens is 188 g/mol. The van der Waals surface area contributed by atoms with E-state index < -0.39 is 0 Å². The van der Waals surface area contributed by atoms with Crippen molar-refractivity contribution >= 4 is 0 Å². The predicted molar refractivity (Wildman–Crippen MR) is 62.7 cm³/mol. The fourth-order valence-electron chi connectivity index (χ4n) is 1.44. The van der Waals surface area contributed by atoms with Crippen LogP contribution in [0.5, 0.6) is 0 Å². The van der Waals surface area contributed by atoms with E-state index in [-0.39, 0.29) is 0 Å². The number of rotatable bonds is 6. The fraction of sp³-hybridized carbons (Fsp3) is 0.727. The zero-order chi connectivity index (χ0) is 11.3. The first-order chi connectivity index (χ1) is 7.09. The SMILES string of the molecule is CC(C)NCCN(C)Cc1cncn1C. The van der Waals surface area contributed by atoms with Crippen molar-refractivity contribution in [1.29, 1.82) is 0 Å². The van der Waals surface area contributed by atoms with Crippen molar-refractivity contribution in [2.45, 2.75) is 26.4 Å². The third kappa shape index (κ3) is 4.44. The van der Waals surface area contributed by atoms with Crippen molar-refractivity contribution in [3.05, 3.63) is 18.2 Å². The summed E-state index contributed by atoms with van der Waals surface area (Å²) in [4.78, 5) is 6.40. The van der Waals surface area contributed by atoms with E-state index in [0.29, 0.717) is 6.04 Å². The van der Waals surface area contributed by atoms with Gasteiger partial charge in [-0.25, -0.2) is 4.98 Å². The van der Waals surface area contributed by atoms with Gasteiger partial charge >= 0.3 is 0 Å². The number of aryl methyl sites for hydroxylation is 1. The van der Waals surface area contributed by atoms with Crippen LogP contribution in [-0.4, -0.2) is 40.6 Å². The van der Waals surface area contributed by atoms with Gasteiger partial charge in [-0.05, 0) is 7.05 Å². The van der Waals surface area contributed by atoms with Crippen molar-refractivity contribution in [2.24, 2.45) is 7.05 Å². The van der Waals surface area contributed by atoms with Gasteiger partial charge in [0.2, 0.25) is 0 Å². The first-order valence-electron chi connectivity index (χ1n) is 5.46. The van der Waals surface area contributed by atoms with Crippen LogP contribution in [0.3, 0.4) is 0 Å². The molecular formula is C11H22N4. The van der Waals surface area contributed by atoms with Crippen molar-refractivity contribution in [3.8, 4) is 0 Å². The lowest BCUT2D eigenvalue weighted by atomic mass is 10.3. The quantitative estimate of drug-likeness (QED) is 0.755. The van der Waals surface area contributed by atoms with Gasteiger partial charge in [-0.3, -0.25) is 4.90 Å². The van der Waals surface area contributed by atoms with E-state index in [1.807, 2.05) is 19.6 Å². The summed E-state index contributed by atoms with van der Waals surface area (Å²) in [5.74, 6) is 0. The van der Waals surface area contributed by atoms with Crippen LogP contribution in [0.15, 0.2) is 12.5 Å². The average Bonchev–Trinajstić information content (AvgIpc) is 2.51. The number of nitrogens with one attached hydrogen (secondary N) is 1. The van der Waals surface area contributed by atoms with Crippen LogP contribution in [0, 0.1) is 0 Å². The third-order valence-electron chi connectivity index (χ3n) is 2.39. The average molecular weight is 210 g/mol. The molecule has 0 radical (unpaired) electrons. The molecule has 1 N–H and O–H groups in total. The summed E-state index contributed by atoms with van der Waals surface area (Å²) >= 11 is 0. The molecule has 0 aliphatic carbocycles. The Labute approximate surface area is 92.3 Å². The predicted octanol–water partition coefficient (Wildman–Crippen LogP) is 0.850. The summed E-state index contributed by atoms with van der Waals surface area (Å²) in [6.45, 7) is 7.38. The van der Waals surface area contributed by atoms with E-state index in [4.69, 9.17) is 0 Å². The lowest BCUT2D eigenvalue weighted by Gasteiger charge is -2.17. The van der Waals surface area contributed by atoms with Crippen LogP contribution < -0.4 is 5.32 Å². The van der Waals surface area contributed by atoms with Crippen LogP contribution in [0.1, 0.15) is 19.5 Å². The molecule has 1 heterocycles. The van der Waals surface area contributed by atoms with E-state index in [1.54, 1.807) is 0 Å². The summed E-state index contributed by atoms with van der Waals surface area (Å²) in [6.07, 6.45) is 3.77. The van der Waals surface area contributed by atoms with Gasteiger partial charge in [-0.2, -0.15) is 0 Å². The molecule has 4 nitrogen and oxygen atoms in total. The zero-order valence-electron chi connectivity index (χ0n) is 10.2. The first kappa shape index (κ1) is 12.2. The molecule has 0 saturated heterocycles. The number of nitrogens with zero attached hydrogens (tertiary/aromatic N) is 3. The molecule has 4 heteroatoms. The Hall–Kier alpha value is -0.870. The summed E-state index contributed by atoms with van der Waals surface area (Å²) in [7, 11) is 4.16. The third-order valence-corrected chi connectivity index (χ3v) is 2.39. The Morgan fingerprint density at radius 3 is 2.80 bits per heavy atom. The molecule has 0 bridgehead atoms. The lowest BCUT2D eigenvalue weighted by Crippen LogP contribution is -2.32. The van der Waals surface area contributed by atoms with Gasteiger partial charge in [0.1, 0.15) is 0 Å². The monoisotopic (exact) mass is 210 g/mol. The van der Waals surface area contributed by atoms with Crippen LogP contribution in [0.4, 0.5) is 0 Å². The standard InChI is InChI=1S/C11H22N4/c1-10(2)13-5-6-14(3)8-11-7-12-9-15(11)4/h7,9-10,13H,5-6,8H2,1-4H3. The van der Waals surface area contributed by atoms with E-state index in [1.165, 1.54) is 5.69 Å². The van der Waals surface area contributed by atoms with Crippen molar-refractivity contribution in [3.63, 3.8) is 0 Å². The molecule has 0 spiro atoms. The molecule has 1 aromatic rings. The Morgan fingerprint density at radius 2 is 2.27 bits per heavy atom. The molecule has 15 heavy (non-hydrogen) atoms. The second-order valence-corrected chi connectivity index (χ2v) is 4.34. The number of imidazole rings is 1. The summed E-state index contributed by atoms with van der Waals surface area (Å²) in [5.41, 5.74) is 1.25. The molecule has 0 aliphatic heterocycles. The second kappa shape index (κ2) is 5.88. The Balaban J connectivity index is 2.24. The highest BCUT2D eigenvalue weighted by molar-refractivity contribution is 4.96. The number of likely N-dealkylation sites (N-methyl/N-ethyl adjacent to an activating group) is 1. The van der Waals surface area contributed by atoms with Gasteiger partial charge in [-0.15, -0.1) is 0 Å². The fourth-order valence-corrected chi connectivity index (χ4v) is 1.44. The van der Waals surface area contributed by atoms with Gasteiger partial charge in [0.25, 0.3) is 0 Å². The molecule has 1 aromatic heterocycles. The maximum absolute atomic E-state index is 4.10. The minimum absolute atomic E-state index is 0.565. The molecule has 0 aliphatic rings. The molecule has 0 aromatic carbocycles. The van der Waals surface area contributed by atoms with Crippen LogP contribution in [0.25, 0.3) is 0 Å². The minimum Gasteiger partial charge on any atom is -0.337 e.